The maximum absolute atomic E-state index is 5.16. The molecule has 0 aliphatic carbocycles. The average molecular weight is 957 g/mol. The Labute approximate surface area is 431 Å². The number of fused-ring (bicyclic) bond motifs is 13. The third kappa shape index (κ3) is 6.24. The van der Waals surface area contributed by atoms with Crippen molar-refractivity contribution in [3.63, 3.8) is 0 Å². The quantitative estimate of drug-likeness (QED) is 0.157. The van der Waals surface area contributed by atoms with E-state index >= 15 is 0 Å². The third-order valence-corrected chi connectivity index (χ3v) is 15.6. The monoisotopic (exact) mass is 956 g/mol. The molecular formula is C69H44N6. The van der Waals surface area contributed by atoms with E-state index in [0.29, 0.717) is 0 Å². The molecule has 6 nitrogen and oxygen atoms in total. The van der Waals surface area contributed by atoms with Gasteiger partial charge in [-0.2, -0.15) is 5.10 Å². The van der Waals surface area contributed by atoms with Gasteiger partial charge < -0.3 is 18.3 Å². The SMILES string of the molecule is c1ccc(-c2cccc(-n3ncc4c3ccc3c5cc(-c6ccc7c8ccc9c(ccn9-c9ccccc9)c8n(-c8ccccc8)c7c6)ccc5n(-c5ccc6c(c5)c5ccccc5n6-c5ccccc5)c34)c2)cc1. The standard InChI is InChI=1S/C69H44N6/c1-5-16-45(17-6-1)46-18-15-25-53(40-46)75-66-37-33-57-59-41-47(48-28-31-55-56-32-36-62-58(38-39-71(62)49-19-7-2-8-20-49)68(56)73(67(55)42-48)51-23-11-4-12-24-51)29-34-65(59)74(69(57)61(66)44-70-75)52-30-35-64-60(43-52)54-26-13-14-27-63(54)72(64)50-21-9-3-10-22-50/h1-44H. The zero-order chi connectivity index (χ0) is 49.1. The van der Waals surface area contributed by atoms with E-state index in [9.17, 15) is 0 Å². The van der Waals surface area contributed by atoms with Crippen LogP contribution in [0.1, 0.15) is 0 Å². The number of hydrogen-bond acceptors (Lipinski definition) is 1. The number of rotatable bonds is 7. The molecule has 0 unspecified atom stereocenters. The predicted octanol–water partition coefficient (Wildman–Crippen LogP) is 17.6. The van der Waals surface area contributed by atoms with E-state index in [-0.39, 0.29) is 0 Å². The van der Waals surface area contributed by atoms with E-state index in [0.717, 1.165) is 67.1 Å². The second kappa shape index (κ2) is 16.2. The van der Waals surface area contributed by atoms with Crippen molar-refractivity contribution in [2.75, 3.05) is 0 Å². The Kier molecular flexibility index (Phi) is 8.94. The normalized spacial score (nSPS) is 12.0. The molecule has 0 bridgehead atoms. The van der Waals surface area contributed by atoms with E-state index < -0.39 is 0 Å². The summed E-state index contributed by atoms with van der Waals surface area (Å²) in [4.78, 5) is 0. The fraction of sp³-hybridized carbons (Fsp3) is 0. The first-order valence-electron chi connectivity index (χ1n) is 25.6. The lowest BCUT2D eigenvalue weighted by atomic mass is 10.0. The highest BCUT2D eigenvalue weighted by molar-refractivity contribution is 6.21. The van der Waals surface area contributed by atoms with Gasteiger partial charge in [-0.15, -0.1) is 0 Å². The summed E-state index contributed by atoms with van der Waals surface area (Å²) in [5, 5.41) is 14.7. The van der Waals surface area contributed by atoms with Gasteiger partial charge in [0.25, 0.3) is 0 Å². The highest BCUT2D eigenvalue weighted by Crippen LogP contribution is 2.43. The predicted molar refractivity (Wildman–Crippen MR) is 312 cm³/mol. The number of benzene rings is 11. The van der Waals surface area contributed by atoms with Gasteiger partial charge in [0.2, 0.25) is 0 Å². The lowest BCUT2D eigenvalue weighted by Gasteiger charge is -2.12. The van der Waals surface area contributed by atoms with E-state index in [1.54, 1.807) is 0 Å². The molecule has 0 N–H and O–H groups in total. The molecule has 5 aromatic heterocycles. The number of para-hydroxylation sites is 4. The van der Waals surface area contributed by atoms with Crippen molar-refractivity contribution >= 4 is 87.2 Å². The van der Waals surface area contributed by atoms with Crippen molar-refractivity contribution < 1.29 is 0 Å². The van der Waals surface area contributed by atoms with Crippen LogP contribution >= 0.6 is 0 Å². The third-order valence-electron chi connectivity index (χ3n) is 15.6. The van der Waals surface area contributed by atoms with Crippen LogP contribution in [0.2, 0.25) is 0 Å². The molecule has 5 heterocycles. The molecule has 75 heavy (non-hydrogen) atoms. The van der Waals surface area contributed by atoms with Crippen LogP contribution in [0.25, 0.3) is 138 Å². The maximum atomic E-state index is 5.16. The zero-order valence-corrected chi connectivity index (χ0v) is 40.6. The van der Waals surface area contributed by atoms with Crippen molar-refractivity contribution in [1.29, 1.82) is 0 Å². The molecule has 0 aliphatic heterocycles. The van der Waals surface area contributed by atoms with Gasteiger partial charge in [-0.1, -0.05) is 140 Å². The Morgan fingerprint density at radius 2 is 0.760 bits per heavy atom. The molecule has 0 aliphatic rings. The van der Waals surface area contributed by atoms with Crippen molar-refractivity contribution in [3.8, 4) is 50.7 Å². The molecule has 0 spiro atoms. The largest absolute Gasteiger partial charge is 0.316 e. The van der Waals surface area contributed by atoms with E-state index in [4.69, 9.17) is 5.10 Å². The summed E-state index contributed by atoms with van der Waals surface area (Å²) in [6, 6.07) is 92.6. The van der Waals surface area contributed by atoms with E-state index in [1.165, 1.54) is 70.9 Å². The molecule has 0 radical (unpaired) electrons. The highest BCUT2D eigenvalue weighted by atomic mass is 15.3. The lowest BCUT2D eigenvalue weighted by Crippen LogP contribution is -1.97. The summed E-state index contributed by atoms with van der Waals surface area (Å²) in [7, 11) is 0. The van der Waals surface area contributed by atoms with Crippen LogP contribution in [0.3, 0.4) is 0 Å². The van der Waals surface area contributed by atoms with Crippen molar-refractivity contribution in [3.05, 3.63) is 267 Å². The topological polar surface area (TPSA) is 37.5 Å². The van der Waals surface area contributed by atoms with Crippen LogP contribution in [-0.4, -0.2) is 28.0 Å². The van der Waals surface area contributed by atoms with Gasteiger partial charge in [-0.05, 0) is 138 Å². The minimum atomic E-state index is 1.02. The molecule has 0 fully saturated rings. The van der Waals surface area contributed by atoms with Crippen LogP contribution in [-0.2, 0) is 0 Å². The summed E-state index contributed by atoms with van der Waals surface area (Å²) < 4.78 is 11.7. The molecule has 0 atom stereocenters. The number of hydrogen-bond donors (Lipinski definition) is 0. The minimum absolute atomic E-state index is 1.02. The minimum Gasteiger partial charge on any atom is -0.316 e. The average Bonchev–Trinajstić information content (AvgIpc) is 4.37. The Hall–Kier alpha value is -10.2. The van der Waals surface area contributed by atoms with Crippen LogP contribution < -0.4 is 0 Å². The molecule has 350 valence electrons. The molecular weight excluding hydrogens is 913 g/mol. The van der Waals surface area contributed by atoms with Crippen LogP contribution in [0.15, 0.2) is 267 Å². The smallest absolute Gasteiger partial charge is 0.0762 e. The Balaban J connectivity index is 0.923. The summed E-state index contributed by atoms with van der Waals surface area (Å²) in [5.41, 5.74) is 19.4. The van der Waals surface area contributed by atoms with Gasteiger partial charge >= 0.3 is 0 Å². The summed E-state index contributed by atoms with van der Waals surface area (Å²) in [5.74, 6) is 0. The number of aromatic nitrogens is 6. The van der Waals surface area contributed by atoms with Crippen molar-refractivity contribution in [2.45, 2.75) is 0 Å². The van der Waals surface area contributed by atoms with Gasteiger partial charge in [0.05, 0.1) is 56.0 Å². The highest BCUT2D eigenvalue weighted by Gasteiger charge is 2.22. The summed E-state index contributed by atoms with van der Waals surface area (Å²) in [6.45, 7) is 0. The van der Waals surface area contributed by atoms with E-state index in [1.807, 2.05) is 0 Å². The molecule has 0 amide bonds. The zero-order valence-electron chi connectivity index (χ0n) is 40.6. The van der Waals surface area contributed by atoms with Crippen LogP contribution in [0, 0.1) is 0 Å². The second-order valence-electron chi connectivity index (χ2n) is 19.6. The van der Waals surface area contributed by atoms with Gasteiger partial charge in [-0.25, -0.2) is 4.68 Å². The maximum Gasteiger partial charge on any atom is 0.0762 e. The van der Waals surface area contributed by atoms with Gasteiger partial charge in [-0.3, -0.25) is 0 Å². The van der Waals surface area contributed by atoms with Gasteiger partial charge in [0.1, 0.15) is 0 Å². The fourth-order valence-corrected chi connectivity index (χ4v) is 12.2. The molecule has 0 saturated carbocycles. The lowest BCUT2D eigenvalue weighted by molar-refractivity contribution is 0.911. The Morgan fingerprint density at radius 3 is 1.56 bits per heavy atom. The van der Waals surface area contributed by atoms with E-state index in [2.05, 4.69) is 290 Å². The van der Waals surface area contributed by atoms with Gasteiger partial charge in [0, 0.05) is 72.0 Å². The van der Waals surface area contributed by atoms with Crippen molar-refractivity contribution in [1.82, 2.24) is 28.0 Å². The first-order chi connectivity index (χ1) is 37.2. The van der Waals surface area contributed by atoms with Crippen molar-refractivity contribution in [2.24, 2.45) is 0 Å². The molecule has 16 rings (SSSR count). The Morgan fingerprint density at radius 1 is 0.240 bits per heavy atom. The first kappa shape index (κ1) is 41.4. The Bertz CT molecular complexity index is 4920. The molecule has 6 heteroatoms. The summed E-state index contributed by atoms with van der Waals surface area (Å²) in [6.07, 6.45) is 4.26. The fourth-order valence-electron chi connectivity index (χ4n) is 12.2. The first-order valence-corrected chi connectivity index (χ1v) is 25.6. The summed E-state index contributed by atoms with van der Waals surface area (Å²) >= 11 is 0. The second-order valence-corrected chi connectivity index (χ2v) is 19.6. The molecule has 16 aromatic rings. The van der Waals surface area contributed by atoms with Crippen LogP contribution in [0.4, 0.5) is 0 Å². The van der Waals surface area contributed by atoms with Crippen LogP contribution in [0.5, 0.6) is 0 Å². The van der Waals surface area contributed by atoms with Gasteiger partial charge in [0.15, 0.2) is 0 Å². The number of nitrogens with zero attached hydrogens (tertiary/aromatic N) is 6. The molecule has 0 saturated heterocycles. The molecule has 11 aromatic carbocycles.